The summed E-state index contributed by atoms with van der Waals surface area (Å²) < 4.78 is 38.6. The summed E-state index contributed by atoms with van der Waals surface area (Å²) >= 11 is 0. The third-order valence-electron chi connectivity index (χ3n) is 7.02. The summed E-state index contributed by atoms with van der Waals surface area (Å²) in [4.78, 5) is 0. The zero-order valence-corrected chi connectivity index (χ0v) is 15.9. The molecule has 2 aliphatic carbocycles. The first-order chi connectivity index (χ1) is 12.7. The van der Waals surface area contributed by atoms with E-state index in [9.17, 15) is 13.2 Å². The first-order valence-electron chi connectivity index (χ1n) is 10.7. The molecule has 3 rings (SSSR count). The molecule has 0 N–H and O–H groups in total. The third-order valence-corrected chi connectivity index (χ3v) is 7.02. The highest BCUT2D eigenvalue weighted by Crippen LogP contribution is 2.42. The van der Waals surface area contributed by atoms with Crippen LogP contribution >= 0.6 is 0 Å². The molecule has 2 aliphatic rings. The molecule has 0 bridgehead atoms. The minimum atomic E-state index is -0.756. The lowest BCUT2D eigenvalue weighted by atomic mass is 9.68. The second-order valence-electron chi connectivity index (χ2n) is 8.68. The fourth-order valence-electron chi connectivity index (χ4n) is 5.33. The van der Waals surface area contributed by atoms with E-state index >= 15 is 0 Å². The standard InChI is InChI=1S/C23H33F3/c24-15-1-2-17-5-10-20(11-6-17)21-12-7-18(8-13-21)3-4-19-9-14-22(25)23(26)16-19/h9,14,16-18,20-21H,1-8,10-13,15H2. The maximum atomic E-state index is 13.3. The first-order valence-corrected chi connectivity index (χ1v) is 10.7. The molecular formula is C23H33F3. The van der Waals surface area contributed by atoms with Crippen LogP contribution in [-0.2, 0) is 6.42 Å². The Hall–Kier alpha value is -0.990. The zero-order valence-electron chi connectivity index (χ0n) is 15.9. The van der Waals surface area contributed by atoms with Gasteiger partial charge in [-0.2, -0.15) is 0 Å². The van der Waals surface area contributed by atoms with E-state index < -0.39 is 11.6 Å². The van der Waals surface area contributed by atoms with Crippen molar-refractivity contribution in [2.45, 2.75) is 77.0 Å². The summed E-state index contributed by atoms with van der Waals surface area (Å²) in [5.41, 5.74) is 0.914. The zero-order chi connectivity index (χ0) is 18.4. The van der Waals surface area contributed by atoms with Crippen molar-refractivity contribution in [3.63, 3.8) is 0 Å². The fraction of sp³-hybridized carbons (Fsp3) is 0.739. The van der Waals surface area contributed by atoms with Crippen LogP contribution in [0.1, 0.15) is 76.2 Å². The van der Waals surface area contributed by atoms with E-state index in [0.717, 1.165) is 54.9 Å². The second-order valence-corrected chi connectivity index (χ2v) is 8.68. The van der Waals surface area contributed by atoms with Gasteiger partial charge in [-0.25, -0.2) is 8.78 Å². The monoisotopic (exact) mass is 366 g/mol. The molecule has 3 heteroatoms. The van der Waals surface area contributed by atoms with Gasteiger partial charge in [-0.3, -0.25) is 4.39 Å². The molecule has 0 radical (unpaired) electrons. The van der Waals surface area contributed by atoms with Gasteiger partial charge in [0.25, 0.3) is 0 Å². The minimum absolute atomic E-state index is 0.158. The van der Waals surface area contributed by atoms with Crippen LogP contribution in [0.4, 0.5) is 13.2 Å². The smallest absolute Gasteiger partial charge is 0.159 e. The van der Waals surface area contributed by atoms with E-state index in [-0.39, 0.29) is 6.67 Å². The highest BCUT2D eigenvalue weighted by molar-refractivity contribution is 5.17. The molecule has 146 valence electrons. The Morgan fingerprint density at radius 2 is 1.31 bits per heavy atom. The van der Waals surface area contributed by atoms with Crippen LogP contribution in [0.2, 0.25) is 0 Å². The van der Waals surface area contributed by atoms with Crippen molar-refractivity contribution in [3.05, 3.63) is 35.4 Å². The summed E-state index contributed by atoms with van der Waals surface area (Å²) in [6.45, 7) is -0.158. The maximum Gasteiger partial charge on any atom is 0.159 e. The molecule has 0 nitrogen and oxygen atoms in total. The van der Waals surface area contributed by atoms with Gasteiger partial charge >= 0.3 is 0 Å². The average molecular weight is 367 g/mol. The number of benzene rings is 1. The summed E-state index contributed by atoms with van der Waals surface area (Å²) in [7, 11) is 0. The number of rotatable bonds is 7. The molecular weight excluding hydrogens is 333 g/mol. The predicted octanol–water partition coefficient (Wildman–Crippen LogP) is 7.26. The topological polar surface area (TPSA) is 0 Å². The minimum Gasteiger partial charge on any atom is -0.251 e. The van der Waals surface area contributed by atoms with Crippen LogP contribution in [0.25, 0.3) is 0 Å². The molecule has 1 aromatic carbocycles. The van der Waals surface area contributed by atoms with Crippen molar-refractivity contribution >= 4 is 0 Å². The van der Waals surface area contributed by atoms with Gasteiger partial charge in [0.1, 0.15) is 0 Å². The fourth-order valence-corrected chi connectivity index (χ4v) is 5.33. The Labute approximate surface area is 156 Å². The molecule has 26 heavy (non-hydrogen) atoms. The lowest BCUT2D eigenvalue weighted by Crippen LogP contribution is -2.26. The molecule has 0 atom stereocenters. The SMILES string of the molecule is FCCCC1CCC(C2CCC(CCc3ccc(F)c(F)c3)CC2)CC1. The number of hydrogen-bond donors (Lipinski definition) is 0. The van der Waals surface area contributed by atoms with Gasteiger partial charge in [0.15, 0.2) is 11.6 Å². The molecule has 0 spiro atoms. The maximum absolute atomic E-state index is 13.3. The van der Waals surface area contributed by atoms with Gasteiger partial charge in [-0.1, -0.05) is 31.7 Å². The summed E-state index contributed by atoms with van der Waals surface area (Å²) in [6.07, 6.45) is 14.3. The Balaban J connectivity index is 1.36. The van der Waals surface area contributed by atoms with E-state index in [0.29, 0.717) is 0 Å². The van der Waals surface area contributed by atoms with Crippen molar-refractivity contribution in [2.75, 3.05) is 6.67 Å². The lowest BCUT2D eigenvalue weighted by Gasteiger charge is -2.38. The molecule has 1 aromatic rings. The lowest BCUT2D eigenvalue weighted by molar-refractivity contribution is 0.140. The van der Waals surface area contributed by atoms with Crippen molar-refractivity contribution in [1.29, 1.82) is 0 Å². The molecule has 0 aliphatic heterocycles. The van der Waals surface area contributed by atoms with Crippen LogP contribution in [0.15, 0.2) is 18.2 Å². The van der Waals surface area contributed by atoms with Crippen LogP contribution in [0, 0.1) is 35.3 Å². The second kappa shape index (κ2) is 9.80. The number of halogens is 3. The van der Waals surface area contributed by atoms with E-state index in [1.807, 2.05) is 0 Å². The number of hydrogen-bond acceptors (Lipinski definition) is 0. The quantitative estimate of drug-likeness (QED) is 0.476. The van der Waals surface area contributed by atoms with E-state index in [2.05, 4.69) is 0 Å². The third kappa shape index (κ3) is 5.50. The largest absolute Gasteiger partial charge is 0.251 e. The van der Waals surface area contributed by atoms with Crippen LogP contribution < -0.4 is 0 Å². The molecule has 2 fully saturated rings. The Morgan fingerprint density at radius 1 is 0.731 bits per heavy atom. The Bertz CT molecular complexity index is 540. The normalized spacial score (nSPS) is 29.7. The van der Waals surface area contributed by atoms with Crippen molar-refractivity contribution in [1.82, 2.24) is 0 Å². The Kier molecular flexibility index (Phi) is 7.45. The van der Waals surface area contributed by atoms with Gasteiger partial charge in [0.2, 0.25) is 0 Å². The van der Waals surface area contributed by atoms with E-state index in [1.54, 1.807) is 6.07 Å². The van der Waals surface area contributed by atoms with Gasteiger partial charge in [-0.05, 0) is 92.7 Å². The Morgan fingerprint density at radius 3 is 1.85 bits per heavy atom. The van der Waals surface area contributed by atoms with Crippen LogP contribution in [0.5, 0.6) is 0 Å². The molecule has 0 aromatic heterocycles. The molecule has 0 unspecified atom stereocenters. The van der Waals surface area contributed by atoms with Gasteiger partial charge < -0.3 is 0 Å². The van der Waals surface area contributed by atoms with Gasteiger partial charge in [0, 0.05) is 0 Å². The van der Waals surface area contributed by atoms with E-state index in [1.165, 1.54) is 63.5 Å². The van der Waals surface area contributed by atoms with Crippen molar-refractivity contribution < 1.29 is 13.2 Å². The molecule has 0 heterocycles. The molecule has 2 saturated carbocycles. The van der Waals surface area contributed by atoms with Gasteiger partial charge in [-0.15, -0.1) is 0 Å². The van der Waals surface area contributed by atoms with Gasteiger partial charge in [0.05, 0.1) is 6.67 Å². The number of alkyl halides is 1. The van der Waals surface area contributed by atoms with Crippen LogP contribution in [0.3, 0.4) is 0 Å². The van der Waals surface area contributed by atoms with Crippen molar-refractivity contribution in [3.8, 4) is 0 Å². The molecule has 0 amide bonds. The van der Waals surface area contributed by atoms with Crippen LogP contribution in [-0.4, -0.2) is 6.67 Å². The first kappa shape index (κ1) is 19.8. The summed E-state index contributed by atoms with van der Waals surface area (Å²) in [5.74, 6) is 1.80. The summed E-state index contributed by atoms with van der Waals surface area (Å²) in [6, 6.07) is 4.30. The highest BCUT2D eigenvalue weighted by Gasteiger charge is 2.30. The van der Waals surface area contributed by atoms with Crippen molar-refractivity contribution in [2.24, 2.45) is 23.7 Å². The number of aryl methyl sites for hydroxylation is 1. The van der Waals surface area contributed by atoms with E-state index in [4.69, 9.17) is 0 Å². The predicted molar refractivity (Wildman–Crippen MR) is 101 cm³/mol. The summed E-state index contributed by atoms with van der Waals surface area (Å²) in [5, 5.41) is 0. The highest BCUT2D eigenvalue weighted by atomic mass is 19.2. The molecule has 0 saturated heterocycles. The average Bonchev–Trinajstić information content (AvgIpc) is 2.68.